The van der Waals surface area contributed by atoms with Crippen LogP contribution in [0.15, 0.2) is 48.5 Å². The van der Waals surface area contributed by atoms with Gasteiger partial charge in [-0.15, -0.1) is 0 Å². The number of H-pyrrole nitrogens is 1. The van der Waals surface area contributed by atoms with E-state index >= 15 is 0 Å². The Morgan fingerprint density at radius 3 is 2.73 bits per heavy atom. The number of hydrogen-bond donors (Lipinski definition) is 2. The summed E-state index contributed by atoms with van der Waals surface area (Å²) < 4.78 is 5.34. The molecule has 0 aliphatic heterocycles. The number of nitrogens with zero attached hydrogens (tertiary/aromatic N) is 1. The molecule has 0 saturated carbocycles. The third-order valence-corrected chi connectivity index (χ3v) is 3.64. The molecule has 5 heteroatoms. The van der Waals surface area contributed by atoms with Crippen LogP contribution >= 0.6 is 0 Å². The minimum atomic E-state index is -0.212. The highest BCUT2D eigenvalue weighted by Crippen LogP contribution is 2.25. The summed E-state index contributed by atoms with van der Waals surface area (Å²) in [6.45, 7) is 1.92. The van der Waals surface area contributed by atoms with E-state index in [1.54, 1.807) is 7.11 Å². The van der Waals surface area contributed by atoms with Gasteiger partial charge in [-0.1, -0.05) is 36.4 Å². The number of carbonyl (C=O) groups excluding carboxylic acids is 1. The van der Waals surface area contributed by atoms with E-state index in [9.17, 15) is 4.79 Å². The molecule has 2 aromatic carbocycles. The van der Waals surface area contributed by atoms with Crippen LogP contribution in [0.4, 0.5) is 0 Å². The third-order valence-electron chi connectivity index (χ3n) is 3.64. The summed E-state index contributed by atoms with van der Waals surface area (Å²) in [6.07, 6.45) is 0. The Kier molecular flexibility index (Phi) is 3.78. The molecule has 22 heavy (non-hydrogen) atoms. The SMILES string of the molecule is COc1ccccc1C(C)NC(=O)c1n[nH]c2ccccc12. The predicted molar refractivity (Wildman–Crippen MR) is 85.0 cm³/mol. The maximum atomic E-state index is 12.5. The van der Waals surface area contributed by atoms with E-state index in [0.29, 0.717) is 5.69 Å². The van der Waals surface area contributed by atoms with Gasteiger partial charge in [0.05, 0.1) is 18.7 Å². The van der Waals surface area contributed by atoms with E-state index in [2.05, 4.69) is 15.5 Å². The van der Waals surface area contributed by atoms with Crippen molar-refractivity contribution in [1.82, 2.24) is 15.5 Å². The van der Waals surface area contributed by atoms with Gasteiger partial charge in [-0.25, -0.2) is 0 Å². The number of benzene rings is 2. The molecule has 0 aliphatic rings. The topological polar surface area (TPSA) is 67.0 Å². The first-order valence-electron chi connectivity index (χ1n) is 7.07. The molecule has 0 radical (unpaired) electrons. The molecular weight excluding hydrogens is 278 g/mol. The Bertz CT molecular complexity index is 810. The molecule has 3 rings (SSSR count). The van der Waals surface area contributed by atoms with Crippen molar-refractivity contribution in [1.29, 1.82) is 0 Å². The molecule has 0 bridgehead atoms. The molecule has 1 unspecified atom stereocenters. The number of amides is 1. The number of nitrogens with one attached hydrogen (secondary N) is 2. The largest absolute Gasteiger partial charge is 0.496 e. The molecule has 3 aromatic rings. The zero-order valence-electron chi connectivity index (χ0n) is 12.5. The molecule has 1 amide bonds. The fourth-order valence-electron chi connectivity index (χ4n) is 2.50. The van der Waals surface area contributed by atoms with Gasteiger partial charge >= 0.3 is 0 Å². The van der Waals surface area contributed by atoms with Crippen LogP contribution in [0.5, 0.6) is 5.75 Å². The van der Waals surface area contributed by atoms with Crippen LogP contribution in [0.25, 0.3) is 10.9 Å². The highest BCUT2D eigenvalue weighted by atomic mass is 16.5. The number of aromatic amines is 1. The second-order valence-corrected chi connectivity index (χ2v) is 5.05. The van der Waals surface area contributed by atoms with E-state index in [1.165, 1.54) is 0 Å². The first-order valence-corrected chi connectivity index (χ1v) is 7.07. The van der Waals surface area contributed by atoms with E-state index < -0.39 is 0 Å². The summed E-state index contributed by atoms with van der Waals surface area (Å²) in [5.41, 5.74) is 2.17. The summed E-state index contributed by atoms with van der Waals surface area (Å²) in [4.78, 5) is 12.5. The minimum absolute atomic E-state index is 0.181. The van der Waals surface area contributed by atoms with Gasteiger partial charge in [-0.05, 0) is 19.1 Å². The number of carbonyl (C=O) groups is 1. The average molecular weight is 295 g/mol. The average Bonchev–Trinajstić information content (AvgIpc) is 2.98. The number of hydrogen-bond acceptors (Lipinski definition) is 3. The van der Waals surface area contributed by atoms with Crippen molar-refractivity contribution in [2.24, 2.45) is 0 Å². The van der Waals surface area contributed by atoms with E-state index in [-0.39, 0.29) is 11.9 Å². The minimum Gasteiger partial charge on any atom is -0.496 e. The molecule has 0 fully saturated rings. The number of rotatable bonds is 4. The monoisotopic (exact) mass is 295 g/mol. The van der Waals surface area contributed by atoms with Crippen LogP contribution in [0, 0.1) is 0 Å². The maximum Gasteiger partial charge on any atom is 0.272 e. The number of ether oxygens (including phenoxy) is 1. The molecule has 0 spiro atoms. The van der Waals surface area contributed by atoms with Gasteiger partial charge in [-0.2, -0.15) is 5.10 Å². The molecule has 5 nitrogen and oxygen atoms in total. The first-order chi connectivity index (χ1) is 10.7. The second-order valence-electron chi connectivity index (χ2n) is 5.05. The van der Waals surface area contributed by atoms with Crippen molar-refractivity contribution in [3.8, 4) is 5.75 Å². The van der Waals surface area contributed by atoms with Crippen LogP contribution in [0.1, 0.15) is 29.0 Å². The van der Waals surface area contributed by atoms with Crippen LogP contribution in [-0.2, 0) is 0 Å². The zero-order valence-corrected chi connectivity index (χ0v) is 12.5. The standard InChI is InChI=1S/C17H17N3O2/c1-11(12-7-4-6-10-15(12)22-2)18-17(21)16-13-8-3-5-9-14(13)19-20-16/h3-11H,1-2H3,(H,18,21)(H,19,20). The predicted octanol–water partition coefficient (Wildman–Crippen LogP) is 3.06. The van der Waals surface area contributed by atoms with Crippen molar-refractivity contribution in [2.75, 3.05) is 7.11 Å². The fraction of sp³-hybridized carbons (Fsp3) is 0.176. The normalized spacial score (nSPS) is 12.1. The fourth-order valence-corrected chi connectivity index (χ4v) is 2.50. The van der Waals surface area contributed by atoms with Crippen molar-refractivity contribution in [3.05, 3.63) is 59.8 Å². The molecule has 0 aliphatic carbocycles. The summed E-state index contributed by atoms with van der Waals surface area (Å²) >= 11 is 0. The summed E-state index contributed by atoms with van der Waals surface area (Å²) in [7, 11) is 1.62. The first kappa shape index (κ1) is 14.1. The summed E-state index contributed by atoms with van der Waals surface area (Å²) in [5, 5.41) is 10.8. The van der Waals surface area contributed by atoms with Crippen molar-refractivity contribution in [2.45, 2.75) is 13.0 Å². The maximum absolute atomic E-state index is 12.5. The molecular formula is C17H17N3O2. The Labute approximate surface area is 128 Å². The Hall–Kier alpha value is -2.82. The zero-order chi connectivity index (χ0) is 15.5. The van der Waals surface area contributed by atoms with E-state index in [4.69, 9.17) is 4.74 Å². The van der Waals surface area contributed by atoms with Gasteiger partial charge < -0.3 is 10.1 Å². The molecule has 1 heterocycles. The van der Waals surface area contributed by atoms with Gasteiger partial charge in [0.1, 0.15) is 5.75 Å². The molecule has 1 atom stereocenters. The number of fused-ring (bicyclic) bond motifs is 1. The number of methoxy groups -OCH3 is 1. The Morgan fingerprint density at radius 2 is 1.91 bits per heavy atom. The highest BCUT2D eigenvalue weighted by Gasteiger charge is 2.18. The highest BCUT2D eigenvalue weighted by molar-refractivity contribution is 6.04. The Balaban J connectivity index is 1.85. The van der Waals surface area contributed by atoms with E-state index in [1.807, 2.05) is 55.5 Å². The van der Waals surface area contributed by atoms with Crippen molar-refractivity contribution in [3.63, 3.8) is 0 Å². The van der Waals surface area contributed by atoms with Crippen LogP contribution < -0.4 is 10.1 Å². The molecule has 112 valence electrons. The van der Waals surface area contributed by atoms with Crippen LogP contribution in [-0.4, -0.2) is 23.2 Å². The van der Waals surface area contributed by atoms with Crippen molar-refractivity contribution < 1.29 is 9.53 Å². The smallest absolute Gasteiger partial charge is 0.272 e. The van der Waals surface area contributed by atoms with Gasteiger partial charge in [0.15, 0.2) is 5.69 Å². The number of para-hydroxylation sites is 2. The van der Waals surface area contributed by atoms with Gasteiger partial charge in [-0.3, -0.25) is 9.89 Å². The second kappa shape index (κ2) is 5.89. The van der Waals surface area contributed by atoms with E-state index in [0.717, 1.165) is 22.2 Å². The molecule has 0 saturated heterocycles. The quantitative estimate of drug-likeness (QED) is 0.777. The molecule has 2 N–H and O–H groups in total. The lowest BCUT2D eigenvalue weighted by molar-refractivity contribution is 0.0936. The van der Waals surface area contributed by atoms with Gasteiger partial charge in [0, 0.05) is 10.9 Å². The van der Waals surface area contributed by atoms with Gasteiger partial charge in [0.2, 0.25) is 0 Å². The lowest BCUT2D eigenvalue weighted by atomic mass is 10.1. The summed E-state index contributed by atoms with van der Waals surface area (Å²) in [6, 6.07) is 15.0. The molecule has 1 aromatic heterocycles. The Morgan fingerprint density at radius 1 is 1.18 bits per heavy atom. The number of aromatic nitrogens is 2. The third kappa shape index (κ3) is 2.53. The summed E-state index contributed by atoms with van der Waals surface area (Å²) in [5.74, 6) is 0.540. The van der Waals surface area contributed by atoms with Crippen LogP contribution in [0.3, 0.4) is 0 Å². The lowest BCUT2D eigenvalue weighted by Crippen LogP contribution is -2.27. The van der Waals surface area contributed by atoms with Crippen molar-refractivity contribution >= 4 is 16.8 Å². The van der Waals surface area contributed by atoms with Crippen LogP contribution in [0.2, 0.25) is 0 Å². The van der Waals surface area contributed by atoms with Gasteiger partial charge in [0.25, 0.3) is 5.91 Å². The lowest BCUT2D eigenvalue weighted by Gasteiger charge is -2.16.